The summed E-state index contributed by atoms with van der Waals surface area (Å²) in [6, 6.07) is 0. The van der Waals surface area contributed by atoms with Crippen molar-refractivity contribution in [1.82, 2.24) is 9.55 Å². The summed E-state index contributed by atoms with van der Waals surface area (Å²) in [7, 11) is -2.23. The number of imidazole rings is 1. The van der Waals surface area contributed by atoms with Crippen LogP contribution in [0.25, 0.3) is 0 Å². The highest BCUT2D eigenvalue weighted by atomic mass is 35.5. The van der Waals surface area contributed by atoms with E-state index < -0.39 is 10.0 Å². The lowest BCUT2D eigenvalue weighted by atomic mass is 10.9. The quantitative estimate of drug-likeness (QED) is 0.670. The van der Waals surface area contributed by atoms with Crippen LogP contribution in [0.4, 0.5) is 0 Å². The Kier molecular flexibility index (Phi) is 1.91. The molecule has 1 heterocycles. The summed E-state index contributed by atoms with van der Waals surface area (Å²) in [5, 5.41) is 4.82. The Bertz CT molecular complexity index is 369. The Morgan fingerprint density at radius 1 is 1.73 bits per heavy atom. The van der Waals surface area contributed by atoms with E-state index in [1.807, 2.05) is 0 Å². The third-order valence-electron chi connectivity index (χ3n) is 1.18. The number of sulfonamides is 1. The van der Waals surface area contributed by atoms with Gasteiger partial charge in [-0.1, -0.05) is 0 Å². The van der Waals surface area contributed by atoms with E-state index in [2.05, 4.69) is 4.98 Å². The molecule has 0 saturated heterocycles. The van der Waals surface area contributed by atoms with E-state index in [0.29, 0.717) is 0 Å². The highest BCUT2D eigenvalue weighted by molar-refractivity contribution is 7.89. The SMILES string of the molecule is Cn1c(S(N)(=O)=O)cnc1Cl. The van der Waals surface area contributed by atoms with Crippen LogP contribution in [0, 0.1) is 0 Å². The molecule has 0 aliphatic carbocycles. The maximum absolute atomic E-state index is 10.7. The summed E-state index contributed by atoms with van der Waals surface area (Å²) in [5.41, 5.74) is 0. The molecule has 1 aromatic rings. The summed E-state index contributed by atoms with van der Waals surface area (Å²) in [4.78, 5) is 3.55. The molecule has 0 radical (unpaired) electrons. The number of rotatable bonds is 1. The lowest BCUT2D eigenvalue weighted by Crippen LogP contribution is -2.15. The molecule has 0 aliphatic rings. The largest absolute Gasteiger partial charge is 0.308 e. The number of halogens is 1. The molecule has 0 bridgehead atoms. The number of nitrogens with two attached hydrogens (primary N) is 1. The van der Waals surface area contributed by atoms with E-state index in [9.17, 15) is 8.42 Å². The zero-order valence-corrected chi connectivity index (χ0v) is 7.22. The standard InChI is InChI=1S/C4H6ClN3O2S/c1-8-3(11(6,9)10)2-7-4(8)5/h2H,1H3,(H2,6,9,10). The van der Waals surface area contributed by atoms with Gasteiger partial charge in [0, 0.05) is 7.05 Å². The first-order valence-electron chi connectivity index (χ1n) is 2.63. The maximum atomic E-state index is 10.7. The molecule has 0 unspecified atom stereocenters. The number of primary sulfonamides is 1. The Morgan fingerprint density at radius 3 is 2.45 bits per heavy atom. The lowest BCUT2D eigenvalue weighted by molar-refractivity contribution is 0.587. The van der Waals surface area contributed by atoms with Crippen LogP contribution < -0.4 is 5.14 Å². The summed E-state index contributed by atoms with van der Waals surface area (Å²) >= 11 is 5.47. The third kappa shape index (κ3) is 1.52. The fourth-order valence-electron chi connectivity index (χ4n) is 0.637. The molecule has 2 N–H and O–H groups in total. The van der Waals surface area contributed by atoms with E-state index in [-0.39, 0.29) is 10.3 Å². The Hall–Kier alpha value is -0.590. The predicted octanol–water partition coefficient (Wildman–Crippen LogP) is -0.279. The minimum atomic E-state index is -3.70. The molecule has 0 atom stereocenters. The van der Waals surface area contributed by atoms with Crippen LogP contribution in [0.15, 0.2) is 11.2 Å². The first-order valence-corrected chi connectivity index (χ1v) is 4.55. The van der Waals surface area contributed by atoms with E-state index in [0.717, 1.165) is 6.20 Å². The van der Waals surface area contributed by atoms with Gasteiger partial charge in [0.25, 0.3) is 10.0 Å². The monoisotopic (exact) mass is 195 g/mol. The molecule has 1 aromatic heterocycles. The first-order chi connectivity index (χ1) is 4.93. The maximum Gasteiger partial charge on any atom is 0.255 e. The van der Waals surface area contributed by atoms with Crippen LogP contribution in [0.5, 0.6) is 0 Å². The van der Waals surface area contributed by atoms with Gasteiger partial charge in [-0.25, -0.2) is 18.5 Å². The van der Waals surface area contributed by atoms with Crippen LogP contribution in [0.2, 0.25) is 5.28 Å². The highest BCUT2D eigenvalue weighted by Gasteiger charge is 2.14. The molecule has 0 saturated carbocycles. The molecular weight excluding hydrogens is 190 g/mol. The summed E-state index contributed by atoms with van der Waals surface area (Å²) in [6.07, 6.45) is 1.11. The number of aromatic nitrogens is 2. The molecule has 7 heteroatoms. The van der Waals surface area contributed by atoms with Gasteiger partial charge in [0.05, 0.1) is 6.20 Å². The van der Waals surface area contributed by atoms with Gasteiger partial charge in [-0.05, 0) is 11.6 Å². The average Bonchev–Trinajstić information content (AvgIpc) is 2.11. The van der Waals surface area contributed by atoms with Gasteiger partial charge in [-0.3, -0.25) is 0 Å². The van der Waals surface area contributed by atoms with Gasteiger partial charge in [-0.2, -0.15) is 0 Å². The second kappa shape index (κ2) is 2.47. The normalized spacial score (nSPS) is 11.9. The Morgan fingerprint density at radius 2 is 2.27 bits per heavy atom. The zero-order chi connectivity index (χ0) is 8.65. The van der Waals surface area contributed by atoms with Crippen molar-refractivity contribution in [2.24, 2.45) is 12.2 Å². The van der Waals surface area contributed by atoms with Gasteiger partial charge < -0.3 is 4.57 Å². The molecular formula is C4H6ClN3O2S. The van der Waals surface area contributed by atoms with E-state index in [1.54, 1.807) is 0 Å². The van der Waals surface area contributed by atoms with Crippen molar-refractivity contribution in [2.75, 3.05) is 0 Å². The van der Waals surface area contributed by atoms with E-state index in [4.69, 9.17) is 16.7 Å². The van der Waals surface area contributed by atoms with E-state index >= 15 is 0 Å². The zero-order valence-electron chi connectivity index (χ0n) is 5.65. The third-order valence-corrected chi connectivity index (χ3v) is 2.49. The fraction of sp³-hybridized carbons (Fsp3) is 0.250. The summed E-state index contributed by atoms with van der Waals surface area (Å²) in [5.74, 6) is 0. The molecule has 5 nitrogen and oxygen atoms in total. The van der Waals surface area contributed by atoms with Crippen molar-refractivity contribution in [3.8, 4) is 0 Å². The smallest absolute Gasteiger partial charge is 0.255 e. The molecule has 0 spiro atoms. The van der Waals surface area contributed by atoms with Crippen molar-refractivity contribution in [3.63, 3.8) is 0 Å². The van der Waals surface area contributed by atoms with Crippen LogP contribution in [0.3, 0.4) is 0 Å². The van der Waals surface area contributed by atoms with Crippen LogP contribution in [0.1, 0.15) is 0 Å². The minimum Gasteiger partial charge on any atom is -0.308 e. The van der Waals surface area contributed by atoms with Gasteiger partial charge in [0.1, 0.15) is 0 Å². The number of hydrogen-bond acceptors (Lipinski definition) is 3. The Labute approximate surface area is 68.8 Å². The van der Waals surface area contributed by atoms with Gasteiger partial charge in [0.15, 0.2) is 5.03 Å². The van der Waals surface area contributed by atoms with Crippen LogP contribution >= 0.6 is 11.6 Å². The number of hydrogen-bond donors (Lipinski definition) is 1. The van der Waals surface area contributed by atoms with Gasteiger partial charge >= 0.3 is 0 Å². The fourth-order valence-corrected chi connectivity index (χ4v) is 1.49. The summed E-state index contributed by atoms with van der Waals surface area (Å²) < 4.78 is 22.6. The van der Waals surface area contributed by atoms with Crippen molar-refractivity contribution < 1.29 is 8.42 Å². The van der Waals surface area contributed by atoms with E-state index in [1.165, 1.54) is 11.6 Å². The van der Waals surface area contributed by atoms with Crippen LogP contribution in [-0.2, 0) is 17.1 Å². The summed E-state index contributed by atoms with van der Waals surface area (Å²) in [6.45, 7) is 0. The topological polar surface area (TPSA) is 78.0 Å². The second-order valence-corrected chi connectivity index (χ2v) is 3.82. The van der Waals surface area contributed by atoms with Crippen LogP contribution in [-0.4, -0.2) is 18.0 Å². The first kappa shape index (κ1) is 8.51. The lowest BCUT2D eigenvalue weighted by Gasteiger charge is -1.97. The average molecular weight is 196 g/mol. The van der Waals surface area contributed by atoms with Crippen molar-refractivity contribution >= 4 is 21.6 Å². The molecule has 1 rings (SSSR count). The number of nitrogens with zero attached hydrogens (tertiary/aromatic N) is 2. The predicted molar refractivity (Wildman–Crippen MR) is 39.6 cm³/mol. The molecule has 62 valence electrons. The highest BCUT2D eigenvalue weighted by Crippen LogP contribution is 2.11. The van der Waals surface area contributed by atoms with Gasteiger partial charge in [0.2, 0.25) is 5.28 Å². The molecule has 11 heavy (non-hydrogen) atoms. The van der Waals surface area contributed by atoms with Crippen molar-refractivity contribution in [2.45, 2.75) is 5.03 Å². The minimum absolute atomic E-state index is 0.0917. The molecule has 0 amide bonds. The Balaban J connectivity index is 3.38. The van der Waals surface area contributed by atoms with Gasteiger partial charge in [-0.15, -0.1) is 0 Å². The second-order valence-electron chi connectivity index (χ2n) is 1.97. The van der Waals surface area contributed by atoms with Crippen molar-refractivity contribution in [3.05, 3.63) is 11.5 Å². The molecule has 0 aromatic carbocycles. The van der Waals surface area contributed by atoms with Crippen molar-refractivity contribution in [1.29, 1.82) is 0 Å². The molecule has 0 fully saturated rings. The molecule has 0 aliphatic heterocycles.